The van der Waals surface area contributed by atoms with Gasteiger partial charge in [-0.15, -0.1) is 0 Å². The van der Waals surface area contributed by atoms with Gasteiger partial charge >= 0.3 is 0 Å². The molecule has 2 unspecified atom stereocenters. The summed E-state index contributed by atoms with van der Waals surface area (Å²) >= 11 is 6.28. The zero-order valence-corrected chi connectivity index (χ0v) is 24.1. The summed E-state index contributed by atoms with van der Waals surface area (Å²) in [6.45, 7) is 0. The third-order valence-electron chi connectivity index (χ3n) is 9.23. The maximum atomic E-state index is 13.2. The van der Waals surface area contributed by atoms with E-state index in [-0.39, 0.29) is 29.2 Å². The quantitative estimate of drug-likeness (QED) is 0.318. The minimum absolute atomic E-state index is 0.209. The minimum atomic E-state index is -0.271. The van der Waals surface area contributed by atoms with Gasteiger partial charge in [-0.3, -0.25) is 14.5 Å². The number of hydrogen-bond acceptors (Lipinski definition) is 8. The van der Waals surface area contributed by atoms with Gasteiger partial charge < -0.3 is 10.2 Å². The van der Waals surface area contributed by atoms with E-state index in [4.69, 9.17) is 21.6 Å². The Bertz CT molecular complexity index is 1920. The van der Waals surface area contributed by atoms with Gasteiger partial charge in [0.1, 0.15) is 17.6 Å². The molecule has 2 atom stereocenters. The van der Waals surface area contributed by atoms with Crippen molar-refractivity contribution < 1.29 is 4.79 Å². The number of nitrogens with zero attached hydrogens (tertiary/aromatic N) is 9. The standard InChI is InChI=1S/C31H27ClN10O/c1-40-16-21(13-37-40)19-7-24(29-20(11-33)12-38-41(29)17-19)26-14-36-27(15-35-26)42-22-5-18-6-23(42)10-31(8-18,9-22)39-30(43)28-25(32)3-2-4-34-28/h2-4,7,12-18,22-23H,5-6,8-10H2,1H3,(H,39,43). The maximum absolute atomic E-state index is 13.2. The minimum Gasteiger partial charge on any atom is -0.349 e. The highest BCUT2D eigenvalue weighted by atomic mass is 35.5. The molecular weight excluding hydrogens is 564 g/mol. The molecule has 2 saturated heterocycles. The second kappa shape index (κ2) is 9.61. The van der Waals surface area contributed by atoms with Crippen molar-refractivity contribution in [3.05, 3.63) is 77.9 Å². The molecular formula is C31H27ClN10O. The number of piperidine rings is 2. The van der Waals surface area contributed by atoms with E-state index in [0.29, 0.717) is 27.7 Å². The van der Waals surface area contributed by atoms with Crippen LogP contribution >= 0.6 is 11.6 Å². The van der Waals surface area contributed by atoms with Crippen molar-refractivity contribution in [1.82, 2.24) is 39.7 Å². The molecule has 1 amide bonds. The molecule has 4 fully saturated rings. The number of anilines is 1. The van der Waals surface area contributed by atoms with Gasteiger partial charge in [0.25, 0.3) is 5.91 Å². The smallest absolute Gasteiger partial charge is 0.271 e. The number of nitriles is 1. The van der Waals surface area contributed by atoms with E-state index < -0.39 is 0 Å². The molecule has 7 heterocycles. The van der Waals surface area contributed by atoms with Crippen LogP contribution in [-0.4, -0.2) is 57.9 Å². The van der Waals surface area contributed by atoms with Crippen LogP contribution in [0.3, 0.4) is 0 Å². The van der Waals surface area contributed by atoms with Crippen molar-refractivity contribution in [2.75, 3.05) is 4.90 Å². The molecule has 5 aromatic rings. The Balaban J connectivity index is 1.09. The molecule has 2 aliphatic carbocycles. The zero-order valence-electron chi connectivity index (χ0n) is 23.4. The maximum Gasteiger partial charge on any atom is 0.271 e. The number of aromatic nitrogens is 7. The van der Waals surface area contributed by atoms with Gasteiger partial charge in [-0.2, -0.15) is 15.5 Å². The van der Waals surface area contributed by atoms with Crippen LogP contribution in [0.4, 0.5) is 5.82 Å². The molecule has 0 radical (unpaired) electrons. The first-order valence-electron chi connectivity index (χ1n) is 14.3. The monoisotopic (exact) mass is 590 g/mol. The Morgan fingerprint density at radius 1 is 1.05 bits per heavy atom. The van der Waals surface area contributed by atoms with Crippen molar-refractivity contribution in [2.24, 2.45) is 13.0 Å². The lowest BCUT2D eigenvalue weighted by Gasteiger charge is -2.61. The number of carbonyl (C=O) groups excluding carboxylic acids is 1. The Kier molecular flexibility index (Phi) is 5.78. The summed E-state index contributed by atoms with van der Waals surface area (Å²) in [5, 5.41) is 22.2. The van der Waals surface area contributed by atoms with E-state index in [0.717, 1.165) is 54.6 Å². The van der Waals surface area contributed by atoms with E-state index in [1.54, 1.807) is 46.1 Å². The molecule has 0 spiro atoms. The van der Waals surface area contributed by atoms with Gasteiger partial charge in [0.2, 0.25) is 0 Å². The average Bonchev–Trinajstić information content (AvgIpc) is 3.62. The lowest BCUT2D eigenvalue weighted by atomic mass is 9.59. The number of hydrogen-bond donors (Lipinski definition) is 1. The van der Waals surface area contributed by atoms with Crippen LogP contribution < -0.4 is 10.2 Å². The van der Waals surface area contributed by atoms with Crippen LogP contribution in [0, 0.1) is 17.2 Å². The van der Waals surface area contributed by atoms with Crippen LogP contribution in [0.25, 0.3) is 27.9 Å². The molecule has 4 bridgehead atoms. The van der Waals surface area contributed by atoms with Gasteiger partial charge in [-0.1, -0.05) is 11.6 Å². The third-order valence-corrected chi connectivity index (χ3v) is 9.54. The number of nitrogens with one attached hydrogen (secondary N) is 1. The van der Waals surface area contributed by atoms with Gasteiger partial charge in [-0.05, 0) is 56.2 Å². The Morgan fingerprint density at radius 2 is 1.88 bits per heavy atom. The Hall–Kier alpha value is -4.82. The predicted octanol–water partition coefficient (Wildman–Crippen LogP) is 4.43. The fourth-order valence-corrected chi connectivity index (χ4v) is 7.93. The summed E-state index contributed by atoms with van der Waals surface area (Å²) < 4.78 is 3.47. The molecule has 0 aromatic carbocycles. The van der Waals surface area contributed by atoms with Crippen LogP contribution in [-0.2, 0) is 7.05 Å². The van der Waals surface area contributed by atoms with Crippen LogP contribution in [0.2, 0.25) is 5.02 Å². The highest BCUT2D eigenvalue weighted by molar-refractivity contribution is 6.33. The van der Waals surface area contributed by atoms with Crippen molar-refractivity contribution in [1.29, 1.82) is 5.26 Å². The number of carbonyl (C=O) groups is 1. The van der Waals surface area contributed by atoms with E-state index >= 15 is 0 Å². The van der Waals surface area contributed by atoms with Crippen LogP contribution in [0.5, 0.6) is 0 Å². The SMILES string of the molecule is Cn1cc(-c2cc(-c3cnc(N4C5CC6CC4CC(NC(=O)c4ncccc4Cl)(C6)C5)cn3)c3c(C#N)cnn3c2)cn1. The molecule has 2 aliphatic heterocycles. The van der Waals surface area contributed by atoms with Gasteiger partial charge in [0, 0.05) is 60.0 Å². The summed E-state index contributed by atoms with van der Waals surface area (Å²) in [6.07, 6.45) is 17.2. The molecule has 214 valence electrons. The number of amides is 1. The summed E-state index contributed by atoms with van der Waals surface area (Å²) in [5.41, 5.74) is 4.47. The first-order valence-corrected chi connectivity index (χ1v) is 14.7. The van der Waals surface area contributed by atoms with E-state index in [1.165, 1.54) is 0 Å². The fourth-order valence-electron chi connectivity index (χ4n) is 7.73. The summed E-state index contributed by atoms with van der Waals surface area (Å²) in [7, 11) is 1.88. The number of fused-ring (bicyclic) bond motifs is 1. The fraction of sp³-hybridized carbons (Fsp3) is 0.323. The Morgan fingerprint density at radius 3 is 2.58 bits per heavy atom. The second-order valence-corrected chi connectivity index (χ2v) is 12.4. The summed E-state index contributed by atoms with van der Waals surface area (Å²) in [6, 6.07) is 8.21. The Labute approximate surface area is 252 Å². The van der Waals surface area contributed by atoms with Crippen molar-refractivity contribution in [2.45, 2.75) is 49.7 Å². The molecule has 5 aromatic heterocycles. The molecule has 1 N–H and O–H groups in total. The topological polar surface area (TPSA) is 130 Å². The van der Waals surface area contributed by atoms with Crippen molar-refractivity contribution in [3.8, 4) is 28.5 Å². The number of halogens is 1. The third kappa shape index (κ3) is 4.24. The predicted molar refractivity (Wildman–Crippen MR) is 159 cm³/mol. The number of aryl methyl sites for hydroxylation is 1. The summed E-state index contributed by atoms with van der Waals surface area (Å²) in [5.74, 6) is 1.18. The second-order valence-electron chi connectivity index (χ2n) is 12.0. The van der Waals surface area contributed by atoms with E-state index in [2.05, 4.69) is 31.5 Å². The molecule has 11 nitrogen and oxygen atoms in total. The van der Waals surface area contributed by atoms with Crippen molar-refractivity contribution in [3.63, 3.8) is 0 Å². The van der Waals surface area contributed by atoms with Crippen LogP contribution in [0.15, 0.2) is 61.6 Å². The molecule has 43 heavy (non-hydrogen) atoms. The number of rotatable bonds is 5. The summed E-state index contributed by atoms with van der Waals surface area (Å²) in [4.78, 5) is 29.6. The average molecular weight is 591 g/mol. The number of pyridine rings is 2. The first kappa shape index (κ1) is 25.9. The van der Waals surface area contributed by atoms with Gasteiger partial charge in [-0.25, -0.2) is 14.5 Å². The lowest BCUT2D eigenvalue weighted by molar-refractivity contribution is 0.0356. The van der Waals surface area contributed by atoms with E-state index in [9.17, 15) is 10.1 Å². The highest BCUT2D eigenvalue weighted by Crippen LogP contribution is 2.52. The molecule has 12 heteroatoms. The molecule has 2 saturated carbocycles. The first-order chi connectivity index (χ1) is 20.9. The van der Waals surface area contributed by atoms with Gasteiger partial charge in [0.15, 0.2) is 0 Å². The normalized spacial score (nSPS) is 23.9. The molecule has 9 rings (SSSR count). The van der Waals surface area contributed by atoms with Crippen molar-refractivity contribution >= 4 is 28.8 Å². The molecule has 4 aliphatic rings. The highest BCUT2D eigenvalue weighted by Gasteiger charge is 2.55. The largest absolute Gasteiger partial charge is 0.349 e. The van der Waals surface area contributed by atoms with E-state index in [1.807, 2.05) is 31.7 Å². The van der Waals surface area contributed by atoms with Crippen LogP contribution in [0.1, 0.15) is 48.2 Å². The lowest BCUT2D eigenvalue weighted by Crippen LogP contribution is -2.69. The zero-order chi connectivity index (χ0) is 29.3. The van der Waals surface area contributed by atoms with Gasteiger partial charge in [0.05, 0.1) is 46.6 Å².